The average Bonchev–Trinajstić information content (AvgIpc) is 3.34. The second-order valence-electron chi connectivity index (χ2n) is 7.17. The number of anilines is 1. The molecule has 0 spiro atoms. The average molecular weight is 388 g/mol. The molecule has 2 aliphatic carbocycles. The van der Waals surface area contributed by atoms with Crippen LogP contribution in [0.5, 0.6) is 0 Å². The van der Waals surface area contributed by atoms with Crippen molar-refractivity contribution in [2.45, 2.75) is 63.4 Å². The number of aryl methyl sites for hydroxylation is 2. The molecular formula is C18H24N6O2S. The first kappa shape index (κ1) is 18.1. The summed E-state index contributed by atoms with van der Waals surface area (Å²) in [7, 11) is -3.39. The predicted octanol–water partition coefficient (Wildman–Crippen LogP) is 2.77. The third-order valence-electron chi connectivity index (χ3n) is 5.34. The van der Waals surface area contributed by atoms with Crippen LogP contribution in [0.25, 0.3) is 0 Å². The molecule has 0 unspecified atom stereocenters. The quantitative estimate of drug-likeness (QED) is 0.841. The van der Waals surface area contributed by atoms with Crippen LogP contribution in [0.4, 0.5) is 10.5 Å². The molecule has 8 nitrogen and oxygen atoms in total. The number of fused-ring (bicyclic) bond motifs is 2. The lowest BCUT2D eigenvalue weighted by Gasteiger charge is -2.15. The SMILES string of the molecule is CCn1ccc([S@](N)(=O)=NC(=O)Nc2c3c(nc4c2CC[C@H]4C)CCC3)n1. The molecule has 2 aromatic rings. The van der Waals surface area contributed by atoms with Gasteiger partial charge in [0, 0.05) is 24.1 Å². The Kier molecular flexibility index (Phi) is 4.51. The molecule has 0 aliphatic heterocycles. The molecule has 2 amide bonds. The summed E-state index contributed by atoms with van der Waals surface area (Å²) in [6.45, 7) is 4.69. The van der Waals surface area contributed by atoms with Crippen LogP contribution < -0.4 is 10.5 Å². The number of amides is 2. The van der Waals surface area contributed by atoms with Crippen molar-refractivity contribution >= 4 is 21.6 Å². The maximum atomic E-state index is 12.7. The van der Waals surface area contributed by atoms with Gasteiger partial charge in [0.15, 0.2) is 14.9 Å². The van der Waals surface area contributed by atoms with Crippen molar-refractivity contribution in [2.24, 2.45) is 9.50 Å². The molecule has 3 N–H and O–H groups in total. The molecule has 0 aromatic carbocycles. The zero-order valence-electron chi connectivity index (χ0n) is 15.6. The molecular weight excluding hydrogens is 364 g/mol. The van der Waals surface area contributed by atoms with E-state index in [1.165, 1.54) is 6.07 Å². The van der Waals surface area contributed by atoms with Gasteiger partial charge in [0.1, 0.15) is 0 Å². The van der Waals surface area contributed by atoms with Gasteiger partial charge in [-0.2, -0.15) is 5.10 Å². The van der Waals surface area contributed by atoms with E-state index in [1.807, 2.05) is 6.92 Å². The molecule has 2 atom stereocenters. The van der Waals surface area contributed by atoms with Crippen LogP contribution in [-0.2, 0) is 35.7 Å². The number of carbonyl (C=O) groups excluding carboxylic acids is 1. The summed E-state index contributed by atoms with van der Waals surface area (Å²) < 4.78 is 18.0. The summed E-state index contributed by atoms with van der Waals surface area (Å²) in [5.74, 6) is 0.384. The van der Waals surface area contributed by atoms with Crippen molar-refractivity contribution in [3.63, 3.8) is 0 Å². The maximum absolute atomic E-state index is 12.7. The number of carbonyl (C=O) groups is 1. The highest BCUT2D eigenvalue weighted by atomic mass is 32.2. The van der Waals surface area contributed by atoms with E-state index in [9.17, 15) is 9.00 Å². The number of nitrogens with zero attached hydrogens (tertiary/aromatic N) is 4. The van der Waals surface area contributed by atoms with Crippen molar-refractivity contribution in [1.82, 2.24) is 14.8 Å². The maximum Gasteiger partial charge on any atom is 0.354 e. The van der Waals surface area contributed by atoms with Crippen molar-refractivity contribution in [1.29, 1.82) is 0 Å². The van der Waals surface area contributed by atoms with Crippen molar-refractivity contribution in [3.05, 3.63) is 34.8 Å². The van der Waals surface area contributed by atoms with Crippen molar-refractivity contribution in [3.8, 4) is 0 Å². The number of hydrogen-bond acceptors (Lipinski definition) is 4. The molecule has 0 bridgehead atoms. The molecule has 0 fully saturated rings. The number of pyridine rings is 1. The van der Waals surface area contributed by atoms with E-state index in [2.05, 4.69) is 21.7 Å². The Balaban J connectivity index is 1.68. The first-order valence-electron chi connectivity index (χ1n) is 9.33. The van der Waals surface area contributed by atoms with Crippen LogP contribution in [0.3, 0.4) is 0 Å². The highest BCUT2D eigenvalue weighted by molar-refractivity contribution is 7.91. The fourth-order valence-corrected chi connectivity index (χ4v) is 4.79. The largest absolute Gasteiger partial charge is 0.354 e. The third-order valence-corrected chi connectivity index (χ3v) is 6.60. The van der Waals surface area contributed by atoms with Crippen LogP contribution in [0.15, 0.2) is 21.7 Å². The van der Waals surface area contributed by atoms with Crippen molar-refractivity contribution in [2.75, 3.05) is 5.32 Å². The highest BCUT2D eigenvalue weighted by Crippen LogP contribution is 2.41. The van der Waals surface area contributed by atoms with Gasteiger partial charge in [-0.3, -0.25) is 9.67 Å². The fraction of sp³-hybridized carbons (Fsp3) is 0.500. The van der Waals surface area contributed by atoms with E-state index in [0.717, 1.165) is 60.3 Å². The van der Waals surface area contributed by atoms with E-state index < -0.39 is 15.9 Å². The van der Waals surface area contributed by atoms with Gasteiger partial charge in [0.2, 0.25) is 0 Å². The van der Waals surface area contributed by atoms with E-state index >= 15 is 0 Å². The van der Waals surface area contributed by atoms with Gasteiger partial charge in [0.05, 0.1) is 5.69 Å². The highest BCUT2D eigenvalue weighted by Gasteiger charge is 2.30. The Labute approximate surface area is 158 Å². The van der Waals surface area contributed by atoms with Gasteiger partial charge >= 0.3 is 6.03 Å². The summed E-state index contributed by atoms with van der Waals surface area (Å²) in [5.41, 5.74) is 5.12. The van der Waals surface area contributed by atoms with Gasteiger partial charge < -0.3 is 5.32 Å². The summed E-state index contributed by atoms with van der Waals surface area (Å²) >= 11 is 0. The molecule has 2 aromatic heterocycles. The van der Waals surface area contributed by atoms with E-state index in [0.29, 0.717) is 12.5 Å². The molecule has 9 heteroatoms. The van der Waals surface area contributed by atoms with Crippen LogP contribution >= 0.6 is 0 Å². The Morgan fingerprint density at radius 3 is 2.96 bits per heavy atom. The minimum atomic E-state index is -3.39. The minimum absolute atomic E-state index is 0.110. The normalized spacial score (nSPS) is 20.0. The standard InChI is InChI=1S/C18H24N6O2S/c1-3-24-10-9-15(22-24)27(19,26)23-18(25)21-17-12-5-4-6-14(12)20-16-11(2)7-8-13(16)17/h9-11H,3-8H2,1-2H3,(H3,19,20,21,23,25,26)/t11-,27-/m1/s1. The molecule has 0 saturated carbocycles. The zero-order valence-corrected chi connectivity index (χ0v) is 16.4. The van der Waals surface area contributed by atoms with E-state index in [-0.39, 0.29) is 5.03 Å². The molecule has 27 heavy (non-hydrogen) atoms. The summed E-state index contributed by atoms with van der Waals surface area (Å²) in [5, 5.41) is 12.9. The molecule has 144 valence electrons. The zero-order chi connectivity index (χ0) is 19.2. The lowest BCUT2D eigenvalue weighted by atomic mass is 10.0. The summed E-state index contributed by atoms with van der Waals surface area (Å²) in [6.07, 6.45) is 6.41. The van der Waals surface area contributed by atoms with E-state index in [1.54, 1.807) is 10.9 Å². The Bertz CT molecular complexity index is 1030. The smallest absolute Gasteiger partial charge is 0.305 e. The first-order valence-corrected chi connectivity index (χ1v) is 10.9. The summed E-state index contributed by atoms with van der Waals surface area (Å²) in [4.78, 5) is 17.4. The Morgan fingerprint density at radius 2 is 2.22 bits per heavy atom. The van der Waals surface area contributed by atoms with Crippen LogP contribution in [0.2, 0.25) is 0 Å². The summed E-state index contributed by atoms with van der Waals surface area (Å²) in [6, 6.07) is 0.835. The van der Waals surface area contributed by atoms with Crippen LogP contribution in [0, 0.1) is 0 Å². The number of rotatable bonds is 3. The molecule has 4 rings (SSSR count). The van der Waals surface area contributed by atoms with Gasteiger partial charge in [-0.25, -0.2) is 14.1 Å². The van der Waals surface area contributed by atoms with Gasteiger partial charge in [-0.15, -0.1) is 4.36 Å². The third kappa shape index (κ3) is 3.25. The van der Waals surface area contributed by atoms with Gasteiger partial charge in [0.25, 0.3) is 0 Å². The lowest BCUT2D eigenvalue weighted by molar-refractivity contribution is 0.260. The van der Waals surface area contributed by atoms with Gasteiger partial charge in [-0.05, 0) is 62.1 Å². The predicted molar refractivity (Wildman–Crippen MR) is 103 cm³/mol. The Morgan fingerprint density at radius 1 is 1.41 bits per heavy atom. The van der Waals surface area contributed by atoms with Gasteiger partial charge in [-0.1, -0.05) is 6.92 Å². The minimum Gasteiger partial charge on any atom is -0.305 e. The second-order valence-corrected chi connectivity index (χ2v) is 8.91. The lowest BCUT2D eigenvalue weighted by Crippen LogP contribution is -2.19. The van der Waals surface area contributed by atoms with Crippen LogP contribution in [-0.4, -0.2) is 25.0 Å². The Hall–Kier alpha value is -2.26. The first-order chi connectivity index (χ1) is 12.9. The number of urea groups is 1. The monoisotopic (exact) mass is 388 g/mol. The number of nitrogens with one attached hydrogen (secondary N) is 1. The second kappa shape index (κ2) is 6.72. The number of aromatic nitrogens is 3. The molecule has 0 saturated heterocycles. The fourth-order valence-electron chi connectivity index (χ4n) is 3.93. The van der Waals surface area contributed by atoms with Crippen LogP contribution in [0.1, 0.15) is 55.1 Å². The van der Waals surface area contributed by atoms with E-state index in [4.69, 9.17) is 10.1 Å². The molecule has 2 aliphatic rings. The molecule has 0 radical (unpaired) electrons. The number of hydrogen-bond donors (Lipinski definition) is 2. The molecule has 2 heterocycles. The topological polar surface area (TPSA) is 115 Å². The van der Waals surface area contributed by atoms with Crippen molar-refractivity contribution < 1.29 is 9.00 Å². The number of nitrogens with two attached hydrogens (primary N) is 1.